The highest BCUT2D eigenvalue weighted by Gasteiger charge is 2.05. The number of anilines is 1. The van der Waals surface area contributed by atoms with Gasteiger partial charge in [-0.05, 0) is 35.7 Å². The van der Waals surface area contributed by atoms with E-state index in [2.05, 4.69) is 17.2 Å². The minimum atomic E-state index is -0.277. The molecule has 0 spiro atoms. The Balaban J connectivity index is 1.86. The van der Waals surface area contributed by atoms with Gasteiger partial charge in [0.05, 0.1) is 6.61 Å². The Hall–Kier alpha value is -2.40. The average Bonchev–Trinajstić information content (AvgIpc) is 2.54. The number of aliphatic hydroxyl groups is 1. The van der Waals surface area contributed by atoms with Crippen molar-refractivity contribution < 1.29 is 14.6 Å². The van der Waals surface area contributed by atoms with E-state index in [-0.39, 0.29) is 19.1 Å². The van der Waals surface area contributed by atoms with Crippen molar-refractivity contribution in [1.29, 1.82) is 0 Å². The first-order valence-electron chi connectivity index (χ1n) is 6.78. The highest BCUT2D eigenvalue weighted by molar-refractivity contribution is 5.90. The smallest absolute Gasteiger partial charge is 0.263 e. The minimum Gasteiger partial charge on any atom is -0.484 e. The van der Waals surface area contributed by atoms with E-state index in [1.54, 1.807) is 12.1 Å². The Morgan fingerprint density at radius 1 is 1.29 bits per heavy atom. The van der Waals surface area contributed by atoms with E-state index in [0.717, 1.165) is 12.0 Å². The number of amides is 1. The monoisotopic (exact) mass is 286 g/mol. The number of hydrogen-bond acceptors (Lipinski definition) is 4. The minimum absolute atomic E-state index is 0.0713. The number of nitrogens with zero attached hydrogens (tertiary/aromatic N) is 1. The van der Waals surface area contributed by atoms with Crippen LogP contribution in [0.1, 0.15) is 18.1 Å². The third-order valence-electron chi connectivity index (χ3n) is 2.95. The predicted octanol–water partition coefficient (Wildman–Crippen LogP) is 2.15. The van der Waals surface area contributed by atoms with Crippen molar-refractivity contribution in [1.82, 2.24) is 4.98 Å². The van der Waals surface area contributed by atoms with Crippen molar-refractivity contribution in [3.8, 4) is 5.75 Å². The number of hydrogen-bond donors (Lipinski definition) is 2. The summed E-state index contributed by atoms with van der Waals surface area (Å²) < 4.78 is 5.45. The molecular weight excluding hydrogens is 268 g/mol. The Morgan fingerprint density at radius 3 is 2.81 bits per heavy atom. The highest BCUT2D eigenvalue weighted by Crippen LogP contribution is 2.13. The van der Waals surface area contributed by atoms with Crippen molar-refractivity contribution >= 4 is 11.7 Å². The van der Waals surface area contributed by atoms with E-state index in [9.17, 15) is 4.79 Å². The van der Waals surface area contributed by atoms with Crippen LogP contribution in [0.25, 0.3) is 0 Å². The second-order valence-electron chi connectivity index (χ2n) is 4.55. The normalized spacial score (nSPS) is 10.2. The molecule has 5 heteroatoms. The number of pyridine rings is 1. The summed E-state index contributed by atoms with van der Waals surface area (Å²) in [6, 6.07) is 11.0. The van der Waals surface area contributed by atoms with Gasteiger partial charge in [-0.15, -0.1) is 0 Å². The third kappa shape index (κ3) is 4.57. The van der Waals surface area contributed by atoms with Gasteiger partial charge in [0, 0.05) is 6.20 Å². The van der Waals surface area contributed by atoms with Crippen LogP contribution in [0.2, 0.25) is 0 Å². The van der Waals surface area contributed by atoms with E-state index in [1.165, 1.54) is 6.20 Å². The molecule has 0 atom stereocenters. The molecular formula is C16H18N2O3. The zero-order valence-electron chi connectivity index (χ0n) is 11.9. The van der Waals surface area contributed by atoms with Gasteiger partial charge in [0.1, 0.15) is 11.6 Å². The number of aryl methyl sites for hydroxylation is 1. The molecule has 0 saturated heterocycles. The lowest BCUT2D eigenvalue weighted by Gasteiger charge is -2.08. The van der Waals surface area contributed by atoms with Gasteiger partial charge in [-0.25, -0.2) is 4.98 Å². The Morgan fingerprint density at radius 2 is 2.14 bits per heavy atom. The number of benzene rings is 1. The molecule has 1 heterocycles. The van der Waals surface area contributed by atoms with Crippen LogP contribution in [0.5, 0.6) is 5.75 Å². The van der Waals surface area contributed by atoms with Gasteiger partial charge < -0.3 is 15.2 Å². The summed E-state index contributed by atoms with van der Waals surface area (Å²) >= 11 is 0. The van der Waals surface area contributed by atoms with Crippen molar-refractivity contribution in [3.63, 3.8) is 0 Å². The van der Waals surface area contributed by atoms with Crippen molar-refractivity contribution in [2.24, 2.45) is 0 Å². The van der Waals surface area contributed by atoms with Gasteiger partial charge in [-0.2, -0.15) is 0 Å². The summed E-state index contributed by atoms with van der Waals surface area (Å²) in [6.07, 6.45) is 2.44. The van der Waals surface area contributed by atoms with Gasteiger partial charge in [0.2, 0.25) is 0 Å². The van der Waals surface area contributed by atoms with Gasteiger partial charge in [-0.3, -0.25) is 4.79 Å². The Labute approximate surface area is 123 Å². The van der Waals surface area contributed by atoms with E-state index in [0.29, 0.717) is 17.1 Å². The molecule has 0 unspecified atom stereocenters. The molecule has 0 aliphatic carbocycles. The molecule has 1 aromatic carbocycles. The van der Waals surface area contributed by atoms with Gasteiger partial charge in [0.25, 0.3) is 5.91 Å². The molecule has 0 radical (unpaired) electrons. The molecule has 21 heavy (non-hydrogen) atoms. The van der Waals surface area contributed by atoms with E-state index < -0.39 is 0 Å². The van der Waals surface area contributed by atoms with E-state index in [1.807, 2.05) is 24.3 Å². The summed E-state index contributed by atoms with van der Waals surface area (Å²) in [5, 5.41) is 11.6. The number of rotatable bonds is 6. The quantitative estimate of drug-likeness (QED) is 0.853. The van der Waals surface area contributed by atoms with Crippen molar-refractivity contribution in [2.75, 3.05) is 11.9 Å². The Bertz CT molecular complexity index is 597. The standard InChI is InChI=1S/C16H18N2O3/c1-2-12-4-3-5-14(8-12)21-11-16(20)18-15-7-6-13(10-19)9-17-15/h3-9,19H,2,10-11H2,1H3,(H,17,18,20). The summed E-state index contributed by atoms with van der Waals surface area (Å²) in [6.45, 7) is 1.92. The van der Waals surface area contributed by atoms with Crippen LogP contribution in [-0.4, -0.2) is 22.6 Å². The molecule has 2 aromatic rings. The summed E-state index contributed by atoms with van der Waals surface area (Å²) in [4.78, 5) is 15.8. The molecule has 2 N–H and O–H groups in total. The van der Waals surface area contributed by atoms with Gasteiger partial charge in [-0.1, -0.05) is 25.1 Å². The maximum absolute atomic E-state index is 11.8. The first kappa shape index (κ1) is 15.0. The maximum atomic E-state index is 11.8. The molecule has 0 aliphatic rings. The molecule has 0 fully saturated rings. The fraction of sp³-hybridized carbons (Fsp3) is 0.250. The second-order valence-corrected chi connectivity index (χ2v) is 4.55. The molecule has 0 aliphatic heterocycles. The molecule has 110 valence electrons. The average molecular weight is 286 g/mol. The zero-order chi connectivity index (χ0) is 15.1. The SMILES string of the molecule is CCc1cccc(OCC(=O)Nc2ccc(CO)cn2)c1. The number of aliphatic hydroxyl groups excluding tert-OH is 1. The van der Waals surface area contributed by atoms with Crippen LogP contribution in [0.15, 0.2) is 42.6 Å². The number of carbonyl (C=O) groups excluding carboxylic acids is 1. The fourth-order valence-electron chi connectivity index (χ4n) is 1.77. The van der Waals surface area contributed by atoms with Crippen LogP contribution in [0.4, 0.5) is 5.82 Å². The van der Waals surface area contributed by atoms with Crippen LogP contribution < -0.4 is 10.1 Å². The molecule has 1 aromatic heterocycles. The number of ether oxygens (including phenoxy) is 1. The first-order valence-corrected chi connectivity index (χ1v) is 6.78. The van der Waals surface area contributed by atoms with Gasteiger partial charge in [0.15, 0.2) is 6.61 Å². The summed E-state index contributed by atoms with van der Waals surface area (Å²) in [5.74, 6) is 0.831. The lowest BCUT2D eigenvalue weighted by molar-refractivity contribution is -0.118. The van der Waals surface area contributed by atoms with Crippen LogP contribution in [-0.2, 0) is 17.8 Å². The lowest BCUT2D eigenvalue weighted by atomic mass is 10.2. The third-order valence-corrected chi connectivity index (χ3v) is 2.95. The molecule has 0 saturated carbocycles. The second kappa shape index (κ2) is 7.40. The molecule has 1 amide bonds. The van der Waals surface area contributed by atoms with Crippen LogP contribution in [0.3, 0.4) is 0 Å². The maximum Gasteiger partial charge on any atom is 0.263 e. The highest BCUT2D eigenvalue weighted by atomic mass is 16.5. The van der Waals surface area contributed by atoms with E-state index >= 15 is 0 Å². The molecule has 2 rings (SSSR count). The van der Waals surface area contributed by atoms with Gasteiger partial charge >= 0.3 is 0 Å². The Kier molecular flexibility index (Phi) is 5.29. The van der Waals surface area contributed by atoms with Crippen LogP contribution in [0, 0.1) is 0 Å². The topological polar surface area (TPSA) is 71.5 Å². The number of carbonyl (C=O) groups is 1. The number of nitrogens with one attached hydrogen (secondary N) is 1. The number of aromatic nitrogens is 1. The predicted molar refractivity (Wildman–Crippen MR) is 80.1 cm³/mol. The summed E-state index contributed by atoms with van der Waals surface area (Å²) in [7, 11) is 0. The lowest BCUT2D eigenvalue weighted by Crippen LogP contribution is -2.20. The largest absolute Gasteiger partial charge is 0.484 e. The summed E-state index contributed by atoms with van der Waals surface area (Å²) in [5.41, 5.74) is 1.86. The first-order chi connectivity index (χ1) is 10.2. The van der Waals surface area contributed by atoms with Crippen molar-refractivity contribution in [3.05, 3.63) is 53.7 Å². The van der Waals surface area contributed by atoms with Crippen molar-refractivity contribution in [2.45, 2.75) is 20.0 Å². The van der Waals surface area contributed by atoms with Crippen LogP contribution >= 0.6 is 0 Å². The molecule has 5 nitrogen and oxygen atoms in total. The van der Waals surface area contributed by atoms with E-state index in [4.69, 9.17) is 9.84 Å². The zero-order valence-corrected chi connectivity index (χ0v) is 11.9. The molecule has 0 bridgehead atoms. The fourth-order valence-corrected chi connectivity index (χ4v) is 1.77.